The van der Waals surface area contributed by atoms with Crippen molar-refractivity contribution in [2.75, 3.05) is 11.1 Å². The molecule has 5 nitrogen and oxygen atoms in total. The number of benzene rings is 1. The van der Waals surface area contributed by atoms with Crippen LogP contribution in [0.15, 0.2) is 48.9 Å². The van der Waals surface area contributed by atoms with Gasteiger partial charge in [-0.25, -0.2) is 14.4 Å². The van der Waals surface area contributed by atoms with Crippen molar-refractivity contribution in [3.63, 3.8) is 0 Å². The van der Waals surface area contributed by atoms with Crippen LogP contribution in [0.2, 0.25) is 5.02 Å². The number of hydrogen-bond acceptors (Lipinski definition) is 5. The Balaban J connectivity index is 1.83. The summed E-state index contributed by atoms with van der Waals surface area (Å²) in [4.78, 5) is 12.5. The molecule has 0 aliphatic heterocycles. The Kier molecular flexibility index (Phi) is 4.34. The zero-order chi connectivity index (χ0) is 16.2. The van der Waals surface area contributed by atoms with E-state index in [1.54, 1.807) is 36.7 Å². The average molecular weight is 330 g/mol. The fraction of sp³-hybridized carbons (Fsp3) is 0.0625. The van der Waals surface area contributed by atoms with E-state index < -0.39 is 0 Å². The fourth-order valence-corrected chi connectivity index (χ4v) is 2.26. The molecule has 0 saturated carbocycles. The van der Waals surface area contributed by atoms with Crippen LogP contribution in [0.25, 0.3) is 11.3 Å². The topological polar surface area (TPSA) is 76.7 Å². The molecule has 3 aromatic rings. The van der Waals surface area contributed by atoms with Crippen LogP contribution in [0.3, 0.4) is 0 Å². The van der Waals surface area contributed by atoms with Crippen LogP contribution >= 0.6 is 11.6 Å². The number of halogens is 2. The second-order valence-corrected chi connectivity index (χ2v) is 5.23. The molecule has 3 N–H and O–H groups in total. The van der Waals surface area contributed by atoms with Gasteiger partial charge >= 0.3 is 0 Å². The lowest BCUT2D eigenvalue weighted by molar-refractivity contribution is 0.613. The van der Waals surface area contributed by atoms with Crippen molar-refractivity contribution in [1.29, 1.82) is 0 Å². The van der Waals surface area contributed by atoms with Crippen molar-refractivity contribution in [2.24, 2.45) is 0 Å². The molecule has 0 bridgehead atoms. The van der Waals surface area contributed by atoms with Crippen LogP contribution in [0, 0.1) is 5.82 Å². The number of nitrogen functional groups attached to an aromatic ring is 1. The van der Waals surface area contributed by atoms with Gasteiger partial charge in [-0.1, -0.05) is 29.8 Å². The highest BCUT2D eigenvalue weighted by Crippen LogP contribution is 2.27. The first-order valence-corrected chi connectivity index (χ1v) is 7.22. The predicted molar refractivity (Wildman–Crippen MR) is 88.4 cm³/mol. The summed E-state index contributed by atoms with van der Waals surface area (Å²) in [6, 6.07) is 8.18. The summed E-state index contributed by atoms with van der Waals surface area (Å²) in [5.74, 6) is 0.585. The van der Waals surface area contributed by atoms with Gasteiger partial charge in [0.25, 0.3) is 0 Å². The number of rotatable bonds is 4. The minimum Gasteiger partial charge on any atom is -0.384 e. The third-order valence-corrected chi connectivity index (χ3v) is 3.51. The van der Waals surface area contributed by atoms with Crippen molar-refractivity contribution in [3.8, 4) is 11.3 Å². The van der Waals surface area contributed by atoms with E-state index in [0.717, 1.165) is 0 Å². The molecule has 0 radical (unpaired) electrons. The van der Waals surface area contributed by atoms with Crippen molar-refractivity contribution < 1.29 is 4.39 Å². The second kappa shape index (κ2) is 6.58. The van der Waals surface area contributed by atoms with E-state index >= 15 is 0 Å². The molecule has 0 aliphatic rings. The van der Waals surface area contributed by atoms with E-state index in [9.17, 15) is 4.39 Å². The molecule has 0 unspecified atom stereocenters. The summed E-state index contributed by atoms with van der Waals surface area (Å²) >= 11 is 6.12. The van der Waals surface area contributed by atoms with Gasteiger partial charge < -0.3 is 11.1 Å². The Labute approximate surface area is 137 Å². The SMILES string of the molecule is Nc1cc(-c2cncc(NCc3ccccc3F)n2)c(Cl)cn1. The Morgan fingerprint density at radius 1 is 1.17 bits per heavy atom. The van der Waals surface area contributed by atoms with Gasteiger partial charge in [-0.2, -0.15) is 0 Å². The molecule has 0 amide bonds. The molecule has 7 heteroatoms. The number of aromatic nitrogens is 3. The molecule has 1 aromatic carbocycles. The minimum absolute atomic E-state index is 0.269. The Morgan fingerprint density at radius 3 is 2.83 bits per heavy atom. The Morgan fingerprint density at radius 2 is 2.00 bits per heavy atom. The smallest absolute Gasteiger partial charge is 0.145 e. The summed E-state index contributed by atoms with van der Waals surface area (Å²) in [5.41, 5.74) is 7.42. The van der Waals surface area contributed by atoms with Crippen molar-refractivity contribution in [1.82, 2.24) is 15.0 Å². The molecule has 0 spiro atoms. The first-order chi connectivity index (χ1) is 11.1. The summed E-state index contributed by atoms with van der Waals surface area (Å²) in [6.07, 6.45) is 4.60. The maximum atomic E-state index is 13.6. The molecule has 116 valence electrons. The summed E-state index contributed by atoms with van der Waals surface area (Å²) in [6.45, 7) is 0.303. The second-order valence-electron chi connectivity index (χ2n) is 4.82. The largest absolute Gasteiger partial charge is 0.384 e. The zero-order valence-corrected chi connectivity index (χ0v) is 12.8. The van der Waals surface area contributed by atoms with Gasteiger partial charge in [-0.05, 0) is 12.1 Å². The fourth-order valence-electron chi connectivity index (χ4n) is 2.06. The quantitative estimate of drug-likeness (QED) is 0.765. The van der Waals surface area contributed by atoms with Crippen LogP contribution in [0.5, 0.6) is 0 Å². The summed E-state index contributed by atoms with van der Waals surface area (Å²) in [5, 5.41) is 3.47. The van der Waals surface area contributed by atoms with Crippen LogP contribution in [0.1, 0.15) is 5.56 Å². The highest BCUT2D eigenvalue weighted by atomic mass is 35.5. The lowest BCUT2D eigenvalue weighted by Crippen LogP contribution is -2.04. The van der Waals surface area contributed by atoms with Gasteiger partial charge in [0.1, 0.15) is 17.5 Å². The number of nitrogens with two attached hydrogens (primary N) is 1. The van der Waals surface area contributed by atoms with E-state index in [0.29, 0.717) is 40.0 Å². The number of hydrogen-bond donors (Lipinski definition) is 2. The lowest BCUT2D eigenvalue weighted by atomic mass is 10.2. The molecule has 3 rings (SSSR count). The first-order valence-electron chi connectivity index (χ1n) is 6.84. The molecule has 0 fully saturated rings. The molecular weight excluding hydrogens is 317 g/mol. The molecule has 23 heavy (non-hydrogen) atoms. The standard InChI is InChI=1S/C16H13ClFN5/c17-12-7-21-15(19)5-11(12)14-8-20-9-16(23-14)22-6-10-3-1-2-4-13(10)18/h1-5,7-9H,6H2,(H2,19,21)(H,22,23). The number of nitrogens with one attached hydrogen (secondary N) is 1. The first kappa shape index (κ1) is 15.2. The van der Waals surface area contributed by atoms with Crippen LogP contribution in [0.4, 0.5) is 16.0 Å². The normalized spacial score (nSPS) is 10.5. The van der Waals surface area contributed by atoms with Crippen molar-refractivity contribution in [3.05, 3.63) is 65.3 Å². The van der Waals surface area contributed by atoms with Gasteiger partial charge in [-0.3, -0.25) is 4.98 Å². The van der Waals surface area contributed by atoms with Gasteiger partial charge in [-0.15, -0.1) is 0 Å². The van der Waals surface area contributed by atoms with Crippen LogP contribution in [-0.4, -0.2) is 15.0 Å². The molecule has 2 aromatic heterocycles. The van der Waals surface area contributed by atoms with Gasteiger partial charge in [0, 0.05) is 23.9 Å². The number of pyridine rings is 1. The molecular formula is C16H13ClFN5. The molecule has 2 heterocycles. The van der Waals surface area contributed by atoms with Crippen molar-refractivity contribution >= 4 is 23.2 Å². The maximum absolute atomic E-state index is 13.6. The zero-order valence-electron chi connectivity index (χ0n) is 12.0. The van der Waals surface area contributed by atoms with E-state index in [4.69, 9.17) is 17.3 Å². The average Bonchev–Trinajstić information content (AvgIpc) is 2.56. The molecule has 0 saturated heterocycles. The number of anilines is 2. The van der Waals surface area contributed by atoms with Gasteiger partial charge in [0.2, 0.25) is 0 Å². The van der Waals surface area contributed by atoms with E-state index in [-0.39, 0.29) is 5.82 Å². The van der Waals surface area contributed by atoms with Gasteiger partial charge in [0.05, 0.1) is 23.1 Å². The third kappa shape index (κ3) is 3.54. The van der Waals surface area contributed by atoms with Gasteiger partial charge in [0.15, 0.2) is 0 Å². The highest BCUT2D eigenvalue weighted by molar-refractivity contribution is 6.33. The summed E-state index contributed by atoms with van der Waals surface area (Å²) < 4.78 is 13.6. The monoisotopic (exact) mass is 329 g/mol. The molecule has 0 aliphatic carbocycles. The van der Waals surface area contributed by atoms with E-state index in [1.165, 1.54) is 12.3 Å². The Hall–Kier alpha value is -2.73. The van der Waals surface area contributed by atoms with Crippen LogP contribution < -0.4 is 11.1 Å². The Bertz CT molecular complexity index is 840. The maximum Gasteiger partial charge on any atom is 0.145 e. The minimum atomic E-state index is -0.269. The highest BCUT2D eigenvalue weighted by Gasteiger charge is 2.08. The number of nitrogens with zero attached hydrogens (tertiary/aromatic N) is 3. The van der Waals surface area contributed by atoms with Crippen LogP contribution in [-0.2, 0) is 6.54 Å². The van der Waals surface area contributed by atoms with E-state index in [1.807, 2.05) is 0 Å². The third-order valence-electron chi connectivity index (χ3n) is 3.20. The predicted octanol–water partition coefficient (Wildman–Crippen LogP) is 3.53. The van der Waals surface area contributed by atoms with Crippen molar-refractivity contribution in [2.45, 2.75) is 6.54 Å². The molecule has 0 atom stereocenters. The van der Waals surface area contributed by atoms with E-state index in [2.05, 4.69) is 20.3 Å². The lowest BCUT2D eigenvalue weighted by Gasteiger charge is -2.09. The summed E-state index contributed by atoms with van der Waals surface area (Å²) in [7, 11) is 0.